The lowest BCUT2D eigenvalue weighted by atomic mass is 10.1. The summed E-state index contributed by atoms with van der Waals surface area (Å²) >= 11 is 7.79. The molecule has 0 fully saturated rings. The fourth-order valence-corrected chi connectivity index (χ4v) is 3.33. The van der Waals surface area contributed by atoms with Crippen LogP contribution >= 0.6 is 22.9 Å². The first kappa shape index (κ1) is 12.0. The Hall–Kier alpha value is -1.10. The molecule has 0 aliphatic carbocycles. The van der Waals surface area contributed by atoms with E-state index in [-0.39, 0.29) is 0 Å². The van der Waals surface area contributed by atoms with Crippen LogP contribution in [0.1, 0.15) is 9.88 Å². The molecule has 1 aliphatic rings. The van der Waals surface area contributed by atoms with Crippen molar-refractivity contribution in [1.29, 1.82) is 0 Å². The third-order valence-corrected chi connectivity index (χ3v) is 4.29. The van der Waals surface area contributed by atoms with Crippen molar-refractivity contribution in [3.8, 4) is 17.0 Å². The summed E-state index contributed by atoms with van der Waals surface area (Å²) in [4.78, 5) is 5.95. The average Bonchev–Trinajstić information content (AvgIpc) is 2.67. The van der Waals surface area contributed by atoms with Crippen LogP contribution < -0.4 is 10.5 Å². The zero-order chi connectivity index (χ0) is 12.5. The van der Waals surface area contributed by atoms with Crippen molar-refractivity contribution < 1.29 is 4.74 Å². The van der Waals surface area contributed by atoms with Crippen LogP contribution in [0.2, 0.25) is 5.02 Å². The number of hydrogen-bond acceptors (Lipinski definition) is 4. The van der Waals surface area contributed by atoms with E-state index in [1.165, 1.54) is 4.88 Å². The number of halogens is 1. The molecule has 0 spiro atoms. The van der Waals surface area contributed by atoms with Crippen molar-refractivity contribution in [2.45, 2.75) is 12.8 Å². The smallest absolute Gasteiger partial charge is 0.128 e. The Morgan fingerprint density at radius 2 is 2.33 bits per heavy atom. The topological polar surface area (TPSA) is 48.1 Å². The summed E-state index contributed by atoms with van der Waals surface area (Å²) in [6.45, 7) is 1.32. The second kappa shape index (κ2) is 4.88. The lowest BCUT2D eigenvalue weighted by Gasteiger charge is -2.06. The zero-order valence-corrected chi connectivity index (χ0v) is 11.4. The Bertz CT molecular complexity index is 582. The Kier molecular flexibility index (Phi) is 3.24. The maximum atomic E-state index is 6.06. The van der Waals surface area contributed by atoms with Crippen molar-refractivity contribution in [3.63, 3.8) is 0 Å². The van der Waals surface area contributed by atoms with Gasteiger partial charge in [-0.15, -0.1) is 11.3 Å². The summed E-state index contributed by atoms with van der Waals surface area (Å²) in [5.74, 6) is 0.864. The molecule has 0 saturated heterocycles. The molecule has 0 atom stereocenters. The van der Waals surface area contributed by atoms with Gasteiger partial charge in [0.25, 0.3) is 0 Å². The molecule has 2 N–H and O–H groups in total. The Morgan fingerprint density at radius 3 is 3.17 bits per heavy atom. The molecule has 1 aromatic heterocycles. The van der Waals surface area contributed by atoms with Gasteiger partial charge in [0, 0.05) is 28.3 Å². The van der Waals surface area contributed by atoms with Crippen LogP contribution in [-0.2, 0) is 12.8 Å². The largest absolute Gasteiger partial charge is 0.493 e. The van der Waals surface area contributed by atoms with Crippen LogP contribution in [0.3, 0.4) is 0 Å². The van der Waals surface area contributed by atoms with E-state index in [1.807, 2.05) is 18.2 Å². The van der Waals surface area contributed by atoms with Gasteiger partial charge in [-0.25, -0.2) is 4.98 Å². The molecule has 5 heteroatoms. The van der Waals surface area contributed by atoms with E-state index < -0.39 is 0 Å². The summed E-state index contributed by atoms with van der Waals surface area (Å²) in [5.41, 5.74) is 7.60. The molecule has 2 heterocycles. The summed E-state index contributed by atoms with van der Waals surface area (Å²) < 4.78 is 5.73. The molecule has 0 bridgehead atoms. The minimum atomic E-state index is 0.630. The minimum Gasteiger partial charge on any atom is -0.493 e. The van der Waals surface area contributed by atoms with Crippen molar-refractivity contribution in [1.82, 2.24) is 4.98 Å². The van der Waals surface area contributed by atoms with Crippen molar-refractivity contribution in [3.05, 3.63) is 33.1 Å². The molecular formula is C13H13ClN2OS. The number of aromatic nitrogens is 1. The third-order valence-electron chi connectivity index (χ3n) is 2.88. The highest BCUT2D eigenvalue weighted by atomic mass is 35.5. The zero-order valence-electron chi connectivity index (χ0n) is 9.78. The SMILES string of the molecule is NCCc1nc2c(s1)CCOc1ccc(Cl)cc1-2. The number of fused-ring (bicyclic) bond motifs is 3. The molecule has 1 aromatic carbocycles. The summed E-state index contributed by atoms with van der Waals surface area (Å²) in [7, 11) is 0. The summed E-state index contributed by atoms with van der Waals surface area (Å²) in [6, 6.07) is 5.68. The van der Waals surface area contributed by atoms with Crippen LogP contribution in [0.25, 0.3) is 11.3 Å². The van der Waals surface area contributed by atoms with Gasteiger partial charge in [0.2, 0.25) is 0 Å². The molecule has 0 saturated carbocycles. The van der Waals surface area contributed by atoms with Gasteiger partial charge < -0.3 is 10.5 Å². The summed E-state index contributed by atoms with van der Waals surface area (Å²) in [6.07, 6.45) is 1.72. The molecule has 18 heavy (non-hydrogen) atoms. The molecule has 3 nitrogen and oxygen atoms in total. The maximum Gasteiger partial charge on any atom is 0.128 e. The lowest BCUT2D eigenvalue weighted by molar-refractivity contribution is 0.327. The van der Waals surface area contributed by atoms with E-state index in [2.05, 4.69) is 4.98 Å². The lowest BCUT2D eigenvalue weighted by Crippen LogP contribution is -2.02. The van der Waals surface area contributed by atoms with Gasteiger partial charge in [0.05, 0.1) is 17.3 Å². The van der Waals surface area contributed by atoms with Crippen LogP contribution in [-0.4, -0.2) is 18.1 Å². The molecule has 3 rings (SSSR count). The average molecular weight is 281 g/mol. The van der Waals surface area contributed by atoms with Crippen molar-refractivity contribution >= 4 is 22.9 Å². The standard InChI is InChI=1S/C13H13ClN2OS/c14-8-1-2-10-9(7-8)13-11(4-6-17-10)18-12(16-13)3-5-15/h1-2,7H,3-6,15H2. The van der Waals surface area contributed by atoms with E-state index >= 15 is 0 Å². The minimum absolute atomic E-state index is 0.630. The molecule has 2 aromatic rings. The number of benzene rings is 1. The van der Waals surface area contributed by atoms with Crippen molar-refractivity contribution in [2.75, 3.05) is 13.2 Å². The van der Waals surface area contributed by atoms with Crippen LogP contribution in [0.4, 0.5) is 0 Å². The van der Waals surface area contributed by atoms with E-state index in [9.17, 15) is 0 Å². The first-order chi connectivity index (χ1) is 8.78. The van der Waals surface area contributed by atoms with Gasteiger partial charge in [-0.05, 0) is 24.7 Å². The molecule has 0 unspecified atom stereocenters. The normalized spacial score (nSPS) is 13.4. The highest BCUT2D eigenvalue weighted by Gasteiger charge is 2.20. The quantitative estimate of drug-likeness (QED) is 0.920. The summed E-state index contributed by atoms with van der Waals surface area (Å²) in [5, 5.41) is 1.80. The maximum absolute atomic E-state index is 6.06. The number of thiazole rings is 1. The number of ether oxygens (including phenoxy) is 1. The second-order valence-corrected chi connectivity index (χ2v) is 5.76. The van der Waals surface area contributed by atoms with Gasteiger partial charge in [-0.1, -0.05) is 11.6 Å². The first-order valence-corrected chi connectivity index (χ1v) is 7.09. The highest BCUT2D eigenvalue weighted by Crippen LogP contribution is 2.38. The van der Waals surface area contributed by atoms with Gasteiger partial charge in [0.1, 0.15) is 5.75 Å². The monoisotopic (exact) mass is 280 g/mol. The molecule has 0 radical (unpaired) electrons. The van der Waals surface area contributed by atoms with E-state index in [1.54, 1.807) is 11.3 Å². The van der Waals surface area contributed by atoms with E-state index in [0.29, 0.717) is 18.2 Å². The number of nitrogens with two attached hydrogens (primary N) is 1. The van der Waals surface area contributed by atoms with E-state index in [4.69, 9.17) is 22.1 Å². The van der Waals surface area contributed by atoms with Crippen molar-refractivity contribution in [2.24, 2.45) is 5.73 Å². The van der Waals surface area contributed by atoms with Crippen LogP contribution in [0.15, 0.2) is 18.2 Å². The second-order valence-electron chi connectivity index (χ2n) is 4.16. The van der Waals surface area contributed by atoms with Gasteiger partial charge in [0.15, 0.2) is 0 Å². The number of nitrogens with zero attached hydrogens (tertiary/aromatic N) is 1. The molecular weight excluding hydrogens is 268 g/mol. The predicted octanol–water partition coefficient (Wildman–Crippen LogP) is 2.90. The fourth-order valence-electron chi connectivity index (χ4n) is 2.08. The fraction of sp³-hybridized carbons (Fsp3) is 0.308. The predicted molar refractivity (Wildman–Crippen MR) is 74.5 cm³/mol. The number of rotatable bonds is 2. The first-order valence-electron chi connectivity index (χ1n) is 5.89. The van der Waals surface area contributed by atoms with Crippen LogP contribution in [0.5, 0.6) is 5.75 Å². The Morgan fingerprint density at radius 1 is 1.44 bits per heavy atom. The van der Waals surface area contributed by atoms with Gasteiger partial charge in [-0.3, -0.25) is 0 Å². The van der Waals surface area contributed by atoms with Gasteiger partial charge in [-0.2, -0.15) is 0 Å². The molecule has 0 amide bonds. The number of hydrogen-bond donors (Lipinski definition) is 1. The third kappa shape index (κ3) is 2.11. The molecule has 94 valence electrons. The van der Waals surface area contributed by atoms with Crippen LogP contribution in [0, 0.1) is 0 Å². The Balaban J connectivity index is 2.13. The van der Waals surface area contributed by atoms with E-state index in [0.717, 1.165) is 34.9 Å². The van der Waals surface area contributed by atoms with Gasteiger partial charge >= 0.3 is 0 Å². The highest BCUT2D eigenvalue weighted by molar-refractivity contribution is 7.12. The Labute approximate surface area is 115 Å². The molecule has 1 aliphatic heterocycles.